The topological polar surface area (TPSA) is 61.5 Å². The van der Waals surface area contributed by atoms with Gasteiger partial charge in [-0.15, -0.1) is 0 Å². The summed E-state index contributed by atoms with van der Waals surface area (Å²) in [4.78, 5) is 11.5. The molecular weight excluding hydrogens is 218 g/mol. The first-order valence-electron chi connectivity index (χ1n) is 5.66. The number of esters is 1. The normalized spacial score (nSPS) is 13.9. The molecule has 1 aromatic rings. The first-order valence-corrected chi connectivity index (χ1v) is 5.66. The van der Waals surface area contributed by atoms with E-state index in [9.17, 15) is 4.79 Å². The zero-order valence-electron chi connectivity index (χ0n) is 10.5. The van der Waals surface area contributed by atoms with Crippen molar-refractivity contribution in [1.82, 2.24) is 0 Å². The summed E-state index contributed by atoms with van der Waals surface area (Å²) in [5.74, 6) is 0.335. The molecule has 0 aliphatic rings. The van der Waals surface area contributed by atoms with Crippen LogP contribution in [-0.4, -0.2) is 25.7 Å². The highest BCUT2D eigenvalue weighted by Gasteiger charge is 2.23. The molecule has 0 heterocycles. The zero-order valence-corrected chi connectivity index (χ0v) is 10.5. The van der Waals surface area contributed by atoms with Gasteiger partial charge in [0, 0.05) is 5.92 Å². The Morgan fingerprint density at radius 1 is 1.35 bits per heavy atom. The highest BCUT2D eigenvalue weighted by molar-refractivity contribution is 5.76. The third kappa shape index (κ3) is 3.46. The van der Waals surface area contributed by atoms with E-state index in [0.29, 0.717) is 6.61 Å². The molecular formula is C13H19NO3. The van der Waals surface area contributed by atoms with E-state index < -0.39 is 6.04 Å². The average Bonchev–Trinajstić information content (AvgIpc) is 2.37. The van der Waals surface area contributed by atoms with Gasteiger partial charge in [-0.3, -0.25) is 4.79 Å². The van der Waals surface area contributed by atoms with Crippen molar-refractivity contribution in [3.05, 3.63) is 29.8 Å². The predicted octanol–water partition coefficient (Wildman–Crippen LogP) is 1.69. The van der Waals surface area contributed by atoms with Crippen LogP contribution in [-0.2, 0) is 9.53 Å². The summed E-state index contributed by atoms with van der Waals surface area (Å²) in [5.41, 5.74) is 6.84. The van der Waals surface area contributed by atoms with Crippen molar-refractivity contribution in [3.8, 4) is 5.75 Å². The molecule has 0 fully saturated rings. The van der Waals surface area contributed by atoms with Crippen LogP contribution in [0.15, 0.2) is 24.3 Å². The van der Waals surface area contributed by atoms with E-state index in [1.807, 2.05) is 31.2 Å². The maximum Gasteiger partial charge on any atom is 0.323 e. The number of nitrogens with two attached hydrogens (primary N) is 1. The van der Waals surface area contributed by atoms with Crippen LogP contribution in [0.3, 0.4) is 0 Å². The average molecular weight is 237 g/mol. The Morgan fingerprint density at radius 2 is 1.94 bits per heavy atom. The zero-order chi connectivity index (χ0) is 12.8. The van der Waals surface area contributed by atoms with Gasteiger partial charge in [0.25, 0.3) is 0 Å². The quantitative estimate of drug-likeness (QED) is 0.792. The highest BCUT2D eigenvalue weighted by Crippen LogP contribution is 2.21. The second kappa shape index (κ2) is 6.25. The van der Waals surface area contributed by atoms with E-state index in [-0.39, 0.29) is 11.9 Å². The van der Waals surface area contributed by atoms with Crippen molar-refractivity contribution in [3.63, 3.8) is 0 Å². The van der Waals surface area contributed by atoms with Crippen molar-refractivity contribution in [2.75, 3.05) is 13.7 Å². The van der Waals surface area contributed by atoms with Crippen LogP contribution in [0.25, 0.3) is 0 Å². The second-order valence-electron chi connectivity index (χ2n) is 3.84. The lowest BCUT2D eigenvalue weighted by atomic mass is 9.94. The molecule has 0 unspecified atom stereocenters. The van der Waals surface area contributed by atoms with E-state index in [0.717, 1.165) is 11.3 Å². The van der Waals surface area contributed by atoms with Gasteiger partial charge < -0.3 is 15.2 Å². The number of carbonyl (C=O) groups is 1. The minimum absolute atomic E-state index is 0.0834. The molecule has 0 aromatic heterocycles. The molecule has 0 saturated carbocycles. The molecule has 0 bridgehead atoms. The molecule has 0 aliphatic carbocycles. The lowest BCUT2D eigenvalue weighted by Gasteiger charge is -2.18. The predicted molar refractivity (Wildman–Crippen MR) is 66.0 cm³/mol. The lowest BCUT2D eigenvalue weighted by Crippen LogP contribution is -2.37. The van der Waals surface area contributed by atoms with Crippen LogP contribution in [0, 0.1) is 0 Å². The molecule has 2 atom stereocenters. The monoisotopic (exact) mass is 237 g/mol. The Hall–Kier alpha value is -1.55. The van der Waals surface area contributed by atoms with Gasteiger partial charge >= 0.3 is 5.97 Å². The van der Waals surface area contributed by atoms with Gasteiger partial charge in [0.1, 0.15) is 11.8 Å². The van der Waals surface area contributed by atoms with Crippen LogP contribution in [0.4, 0.5) is 0 Å². The Balaban J connectivity index is 2.73. The Bertz CT molecular complexity index is 361. The number of benzene rings is 1. The van der Waals surface area contributed by atoms with Crippen molar-refractivity contribution in [2.45, 2.75) is 25.8 Å². The number of rotatable bonds is 5. The Kier molecular flexibility index (Phi) is 4.97. The fraction of sp³-hybridized carbons (Fsp3) is 0.462. The van der Waals surface area contributed by atoms with Crippen LogP contribution in [0.1, 0.15) is 25.3 Å². The third-order valence-corrected chi connectivity index (χ3v) is 2.74. The van der Waals surface area contributed by atoms with Gasteiger partial charge in [-0.05, 0) is 24.6 Å². The van der Waals surface area contributed by atoms with E-state index in [4.69, 9.17) is 15.2 Å². The molecule has 94 valence electrons. The van der Waals surface area contributed by atoms with E-state index in [1.165, 1.54) is 0 Å². The number of hydrogen-bond donors (Lipinski definition) is 1. The third-order valence-electron chi connectivity index (χ3n) is 2.74. The lowest BCUT2D eigenvalue weighted by molar-refractivity contribution is -0.145. The number of carbonyl (C=O) groups excluding carboxylic acids is 1. The van der Waals surface area contributed by atoms with E-state index in [2.05, 4.69) is 0 Å². The second-order valence-corrected chi connectivity index (χ2v) is 3.84. The molecule has 17 heavy (non-hydrogen) atoms. The fourth-order valence-electron chi connectivity index (χ4n) is 1.56. The first kappa shape index (κ1) is 13.5. The van der Waals surface area contributed by atoms with Crippen LogP contribution in [0.5, 0.6) is 5.75 Å². The molecule has 0 amide bonds. The molecule has 4 nitrogen and oxygen atoms in total. The maximum atomic E-state index is 11.5. The van der Waals surface area contributed by atoms with Gasteiger partial charge in [-0.1, -0.05) is 19.1 Å². The SMILES string of the molecule is CCOC(=O)[C@@H](N)[C@H](C)c1ccc(OC)cc1. The van der Waals surface area contributed by atoms with Gasteiger partial charge in [0.2, 0.25) is 0 Å². The molecule has 1 rings (SSSR count). The number of hydrogen-bond acceptors (Lipinski definition) is 4. The number of methoxy groups -OCH3 is 1. The summed E-state index contributed by atoms with van der Waals surface area (Å²) in [6.07, 6.45) is 0. The number of ether oxygens (including phenoxy) is 2. The Morgan fingerprint density at radius 3 is 2.41 bits per heavy atom. The van der Waals surface area contributed by atoms with Gasteiger partial charge in [-0.2, -0.15) is 0 Å². The van der Waals surface area contributed by atoms with Crippen molar-refractivity contribution in [1.29, 1.82) is 0 Å². The van der Waals surface area contributed by atoms with Gasteiger partial charge in [-0.25, -0.2) is 0 Å². The molecule has 4 heteroatoms. The molecule has 0 spiro atoms. The van der Waals surface area contributed by atoms with E-state index in [1.54, 1.807) is 14.0 Å². The standard InChI is InChI=1S/C13H19NO3/c1-4-17-13(15)12(14)9(2)10-5-7-11(16-3)8-6-10/h5-9,12H,4,14H2,1-3H3/t9-,12+/m1/s1. The summed E-state index contributed by atoms with van der Waals surface area (Å²) in [6.45, 7) is 4.02. The minimum Gasteiger partial charge on any atom is -0.497 e. The summed E-state index contributed by atoms with van der Waals surface area (Å²) in [5, 5.41) is 0. The van der Waals surface area contributed by atoms with Crippen LogP contribution >= 0.6 is 0 Å². The Labute approximate surface area is 102 Å². The molecule has 1 aromatic carbocycles. The smallest absolute Gasteiger partial charge is 0.323 e. The summed E-state index contributed by atoms with van der Waals surface area (Å²) in [7, 11) is 1.61. The first-order chi connectivity index (χ1) is 8.10. The summed E-state index contributed by atoms with van der Waals surface area (Å²) in [6, 6.07) is 6.88. The van der Waals surface area contributed by atoms with Crippen LogP contribution in [0.2, 0.25) is 0 Å². The van der Waals surface area contributed by atoms with E-state index >= 15 is 0 Å². The minimum atomic E-state index is -0.636. The van der Waals surface area contributed by atoms with Crippen LogP contribution < -0.4 is 10.5 Å². The largest absolute Gasteiger partial charge is 0.497 e. The van der Waals surface area contributed by atoms with Crippen molar-refractivity contribution in [2.24, 2.45) is 5.73 Å². The van der Waals surface area contributed by atoms with Crippen molar-refractivity contribution < 1.29 is 14.3 Å². The fourth-order valence-corrected chi connectivity index (χ4v) is 1.56. The maximum absolute atomic E-state index is 11.5. The van der Waals surface area contributed by atoms with Gasteiger partial charge in [0.05, 0.1) is 13.7 Å². The molecule has 0 saturated heterocycles. The van der Waals surface area contributed by atoms with Crippen molar-refractivity contribution >= 4 is 5.97 Å². The highest BCUT2D eigenvalue weighted by atomic mass is 16.5. The molecule has 0 aliphatic heterocycles. The molecule has 2 N–H and O–H groups in total. The molecule has 0 radical (unpaired) electrons. The van der Waals surface area contributed by atoms with Gasteiger partial charge in [0.15, 0.2) is 0 Å². The summed E-state index contributed by atoms with van der Waals surface area (Å²) < 4.78 is 9.98. The summed E-state index contributed by atoms with van der Waals surface area (Å²) >= 11 is 0.